The molecule has 0 bridgehead atoms. The Kier molecular flexibility index (Phi) is 1.13. The molecule has 10 heavy (non-hydrogen) atoms. The maximum absolute atomic E-state index is 3.30. The van der Waals surface area contributed by atoms with Gasteiger partial charge in [0, 0.05) is 0 Å². The normalized spacial score (nSPS) is 14.7. The minimum atomic E-state index is 1.00. The first-order chi connectivity index (χ1) is 4.88. The summed E-state index contributed by atoms with van der Waals surface area (Å²) in [6.45, 7) is 2.12. The number of fused-ring (bicyclic) bond motifs is 1. The van der Waals surface area contributed by atoms with E-state index in [9.17, 15) is 0 Å². The standard InChI is InChI=1S/C10H9/c1-8-6-7-9-4-2-3-5-10(8)9/h2-5H,7H2,1H3. The van der Waals surface area contributed by atoms with E-state index >= 15 is 0 Å². The van der Waals surface area contributed by atoms with Crippen LogP contribution in [0.5, 0.6) is 0 Å². The quantitative estimate of drug-likeness (QED) is 0.504. The van der Waals surface area contributed by atoms with Gasteiger partial charge in [0.25, 0.3) is 0 Å². The van der Waals surface area contributed by atoms with E-state index in [1.807, 2.05) is 0 Å². The van der Waals surface area contributed by atoms with Crippen molar-refractivity contribution >= 4 is 5.57 Å². The van der Waals surface area contributed by atoms with Crippen LogP contribution in [0.2, 0.25) is 0 Å². The van der Waals surface area contributed by atoms with Crippen molar-refractivity contribution in [3.05, 3.63) is 41.5 Å². The van der Waals surface area contributed by atoms with Crippen molar-refractivity contribution < 1.29 is 0 Å². The minimum Gasteiger partial charge on any atom is -0.0619 e. The molecule has 0 N–H and O–H groups in total. The zero-order valence-electron chi connectivity index (χ0n) is 6.02. The molecular weight excluding hydrogens is 120 g/mol. The van der Waals surface area contributed by atoms with Gasteiger partial charge in [-0.3, -0.25) is 0 Å². The zero-order valence-corrected chi connectivity index (χ0v) is 6.02. The van der Waals surface area contributed by atoms with Crippen LogP contribution in [0, 0.1) is 6.08 Å². The number of allylic oxidation sites excluding steroid dienone is 2. The van der Waals surface area contributed by atoms with Crippen LogP contribution in [-0.2, 0) is 6.42 Å². The summed E-state index contributed by atoms with van der Waals surface area (Å²) in [5, 5.41) is 0. The molecule has 0 nitrogen and oxygen atoms in total. The van der Waals surface area contributed by atoms with E-state index in [0.717, 1.165) is 6.42 Å². The van der Waals surface area contributed by atoms with E-state index in [1.165, 1.54) is 16.7 Å². The summed E-state index contributed by atoms with van der Waals surface area (Å²) in [4.78, 5) is 0. The van der Waals surface area contributed by atoms with E-state index in [-0.39, 0.29) is 0 Å². The van der Waals surface area contributed by atoms with Crippen molar-refractivity contribution in [1.29, 1.82) is 0 Å². The minimum absolute atomic E-state index is 1.00. The molecule has 0 spiro atoms. The summed E-state index contributed by atoms with van der Waals surface area (Å²) in [5.74, 6) is 0. The van der Waals surface area contributed by atoms with Crippen LogP contribution in [0.3, 0.4) is 0 Å². The fourth-order valence-electron chi connectivity index (χ4n) is 1.36. The zero-order chi connectivity index (χ0) is 6.97. The summed E-state index contributed by atoms with van der Waals surface area (Å²) in [6, 6.07) is 8.48. The number of hydrogen-bond donors (Lipinski definition) is 0. The maximum atomic E-state index is 3.30. The predicted molar refractivity (Wildman–Crippen MR) is 42.5 cm³/mol. The lowest BCUT2D eigenvalue weighted by Gasteiger charge is -1.97. The molecule has 0 amide bonds. The van der Waals surface area contributed by atoms with Gasteiger partial charge in [0.15, 0.2) is 0 Å². The first kappa shape index (κ1) is 5.72. The predicted octanol–water partition coefficient (Wildman–Crippen LogP) is 2.45. The fraction of sp³-hybridized carbons (Fsp3) is 0.200. The number of rotatable bonds is 0. The second-order valence-corrected chi connectivity index (χ2v) is 2.64. The molecule has 1 aliphatic carbocycles. The van der Waals surface area contributed by atoms with Crippen LogP contribution in [0.4, 0.5) is 0 Å². The van der Waals surface area contributed by atoms with E-state index in [0.29, 0.717) is 0 Å². The highest BCUT2D eigenvalue weighted by molar-refractivity contribution is 5.69. The van der Waals surface area contributed by atoms with Crippen molar-refractivity contribution in [2.75, 3.05) is 0 Å². The molecule has 49 valence electrons. The van der Waals surface area contributed by atoms with Gasteiger partial charge in [-0.2, -0.15) is 0 Å². The molecule has 0 unspecified atom stereocenters. The molecule has 1 aliphatic rings. The average molecular weight is 129 g/mol. The molecule has 0 heterocycles. The van der Waals surface area contributed by atoms with Crippen molar-refractivity contribution in [2.45, 2.75) is 13.3 Å². The van der Waals surface area contributed by atoms with Gasteiger partial charge in [-0.25, -0.2) is 0 Å². The van der Waals surface area contributed by atoms with E-state index in [2.05, 4.69) is 37.3 Å². The van der Waals surface area contributed by atoms with Gasteiger partial charge in [-0.05, 0) is 36.1 Å². The molecule has 0 saturated carbocycles. The highest BCUT2D eigenvalue weighted by Gasteiger charge is 2.07. The first-order valence-electron chi connectivity index (χ1n) is 3.53. The van der Waals surface area contributed by atoms with Gasteiger partial charge >= 0.3 is 0 Å². The Morgan fingerprint density at radius 1 is 1.30 bits per heavy atom. The van der Waals surface area contributed by atoms with Gasteiger partial charge in [0.1, 0.15) is 0 Å². The fourth-order valence-corrected chi connectivity index (χ4v) is 1.36. The second kappa shape index (κ2) is 1.98. The molecule has 1 aromatic rings. The molecule has 2 rings (SSSR count). The third kappa shape index (κ3) is 0.688. The molecule has 1 aromatic carbocycles. The third-order valence-electron chi connectivity index (χ3n) is 1.97. The van der Waals surface area contributed by atoms with E-state index in [1.54, 1.807) is 0 Å². The lowest BCUT2D eigenvalue weighted by molar-refractivity contribution is 1.28. The molecule has 0 heteroatoms. The summed E-state index contributed by atoms with van der Waals surface area (Å²) >= 11 is 0. The topological polar surface area (TPSA) is 0 Å². The van der Waals surface area contributed by atoms with Gasteiger partial charge in [0.05, 0.1) is 0 Å². The van der Waals surface area contributed by atoms with Crippen molar-refractivity contribution in [1.82, 2.24) is 0 Å². The average Bonchev–Trinajstić information content (AvgIpc) is 2.34. The Balaban J connectivity index is 2.61. The van der Waals surface area contributed by atoms with E-state index < -0.39 is 0 Å². The van der Waals surface area contributed by atoms with Gasteiger partial charge in [-0.15, -0.1) is 0 Å². The Bertz CT molecular complexity index is 282. The largest absolute Gasteiger partial charge is 0.0619 e. The molecular formula is C10H9. The highest BCUT2D eigenvalue weighted by Crippen LogP contribution is 2.24. The summed E-state index contributed by atoms with van der Waals surface area (Å²) in [7, 11) is 0. The third-order valence-corrected chi connectivity index (χ3v) is 1.97. The molecule has 0 aromatic heterocycles. The van der Waals surface area contributed by atoms with Crippen LogP contribution < -0.4 is 0 Å². The van der Waals surface area contributed by atoms with Gasteiger partial charge in [0.2, 0.25) is 0 Å². The Morgan fingerprint density at radius 2 is 2.10 bits per heavy atom. The van der Waals surface area contributed by atoms with Crippen LogP contribution in [-0.4, -0.2) is 0 Å². The summed E-state index contributed by atoms with van der Waals surface area (Å²) in [5.41, 5.74) is 4.10. The maximum Gasteiger partial charge on any atom is -0.00139 e. The lowest BCUT2D eigenvalue weighted by atomic mass is 10.1. The SMILES string of the molecule is CC1=[C]Cc2ccccc21. The Labute approximate surface area is 61.2 Å². The van der Waals surface area contributed by atoms with E-state index in [4.69, 9.17) is 0 Å². The van der Waals surface area contributed by atoms with Crippen molar-refractivity contribution in [2.24, 2.45) is 0 Å². The Morgan fingerprint density at radius 3 is 2.90 bits per heavy atom. The number of benzene rings is 1. The van der Waals surface area contributed by atoms with Gasteiger partial charge in [-0.1, -0.05) is 24.3 Å². The first-order valence-corrected chi connectivity index (χ1v) is 3.53. The van der Waals surface area contributed by atoms with Crippen LogP contribution >= 0.6 is 0 Å². The summed E-state index contributed by atoms with van der Waals surface area (Å²) < 4.78 is 0. The van der Waals surface area contributed by atoms with Crippen LogP contribution in [0.25, 0.3) is 5.57 Å². The van der Waals surface area contributed by atoms with Crippen molar-refractivity contribution in [3.63, 3.8) is 0 Å². The highest BCUT2D eigenvalue weighted by atomic mass is 14.1. The summed E-state index contributed by atoms with van der Waals surface area (Å²) in [6.07, 6.45) is 4.30. The molecule has 0 fully saturated rings. The molecule has 0 aliphatic heterocycles. The lowest BCUT2D eigenvalue weighted by Crippen LogP contribution is -1.79. The van der Waals surface area contributed by atoms with Crippen LogP contribution in [0.1, 0.15) is 18.1 Å². The molecule has 1 radical (unpaired) electrons. The second-order valence-electron chi connectivity index (χ2n) is 2.64. The molecule has 0 saturated heterocycles. The van der Waals surface area contributed by atoms with Crippen molar-refractivity contribution in [3.8, 4) is 0 Å². The van der Waals surface area contributed by atoms with Crippen LogP contribution in [0.15, 0.2) is 24.3 Å². The number of hydrogen-bond acceptors (Lipinski definition) is 0. The smallest absolute Gasteiger partial charge is 0.00139 e. The molecule has 0 atom stereocenters. The monoisotopic (exact) mass is 129 g/mol. The van der Waals surface area contributed by atoms with Gasteiger partial charge < -0.3 is 0 Å². The Hall–Kier alpha value is -1.04.